The van der Waals surface area contributed by atoms with Gasteiger partial charge < -0.3 is 9.80 Å². The van der Waals surface area contributed by atoms with E-state index in [1.165, 1.54) is 0 Å². The number of hydrogen-bond donors (Lipinski definition) is 1. The normalized spacial score (nSPS) is 27.3. The monoisotopic (exact) mass is 253 g/mol. The number of hydrogen-bond acceptors (Lipinski definition) is 3. The third-order valence-corrected chi connectivity index (χ3v) is 4.66. The first-order valence-corrected chi connectivity index (χ1v) is 7.33. The zero-order valence-electron chi connectivity index (χ0n) is 12.2. The first-order chi connectivity index (χ1) is 8.54. The molecule has 1 heterocycles. The van der Waals surface area contributed by atoms with Crippen LogP contribution in [0.15, 0.2) is 0 Å². The zero-order chi connectivity index (χ0) is 13.3. The van der Waals surface area contributed by atoms with Gasteiger partial charge in [0.1, 0.15) is 0 Å². The number of carbonyl (C=O) groups is 1. The molecule has 1 aliphatic carbocycles. The summed E-state index contributed by atoms with van der Waals surface area (Å²) in [4.78, 5) is 16.8. The molecule has 0 aromatic rings. The van der Waals surface area contributed by atoms with Gasteiger partial charge in [-0.05, 0) is 39.7 Å². The topological polar surface area (TPSA) is 35.6 Å². The van der Waals surface area contributed by atoms with Crippen molar-refractivity contribution in [2.45, 2.75) is 64.2 Å². The lowest BCUT2D eigenvalue weighted by molar-refractivity contribution is -0.131. The van der Waals surface area contributed by atoms with Gasteiger partial charge in [-0.25, -0.2) is 0 Å². The van der Waals surface area contributed by atoms with E-state index in [2.05, 4.69) is 42.9 Å². The molecule has 0 aromatic heterocycles. The van der Waals surface area contributed by atoms with Crippen molar-refractivity contribution < 1.29 is 4.79 Å². The molecule has 4 nitrogen and oxygen atoms in total. The molecule has 1 N–H and O–H groups in total. The zero-order valence-corrected chi connectivity index (χ0v) is 12.2. The Bertz CT molecular complexity index is 314. The number of amides is 1. The number of rotatable bonds is 6. The predicted molar refractivity (Wildman–Crippen MR) is 73.3 cm³/mol. The first kappa shape index (κ1) is 13.8. The highest BCUT2D eigenvalue weighted by atomic mass is 16.2. The van der Waals surface area contributed by atoms with Crippen molar-refractivity contribution in [2.75, 3.05) is 20.1 Å². The van der Waals surface area contributed by atoms with Gasteiger partial charge in [0.25, 0.3) is 0 Å². The number of carbonyl (C=O) groups excluding carboxylic acids is 1. The molecule has 0 aromatic carbocycles. The van der Waals surface area contributed by atoms with Gasteiger partial charge in [0.2, 0.25) is 5.91 Å². The van der Waals surface area contributed by atoms with Gasteiger partial charge in [-0.3, -0.25) is 10.1 Å². The minimum atomic E-state index is -0.157. The van der Waals surface area contributed by atoms with E-state index in [1.807, 2.05) is 0 Å². The molecule has 0 bridgehead atoms. The molecule has 1 spiro atoms. The maximum Gasteiger partial charge on any atom is 0.244 e. The fraction of sp³-hybridized carbons (Fsp3) is 0.929. The molecule has 2 unspecified atom stereocenters. The van der Waals surface area contributed by atoms with Crippen molar-refractivity contribution in [3.05, 3.63) is 0 Å². The largest absolute Gasteiger partial charge is 0.324 e. The summed E-state index contributed by atoms with van der Waals surface area (Å²) in [5, 5.41) is 3.52. The van der Waals surface area contributed by atoms with Crippen LogP contribution < -0.4 is 5.32 Å². The van der Waals surface area contributed by atoms with Crippen LogP contribution in [0.4, 0.5) is 0 Å². The Balaban J connectivity index is 1.89. The van der Waals surface area contributed by atoms with E-state index in [4.69, 9.17) is 0 Å². The molecule has 1 aliphatic heterocycles. The second-order valence-corrected chi connectivity index (χ2v) is 5.89. The SMILES string of the molecule is CCC(C)N(C)CCN1C(=O)C2(CC2)NC1CC. The van der Waals surface area contributed by atoms with Crippen LogP contribution in [-0.2, 0) is 4.79 Å². The Morgan fingerprint density at radius 3 is 2.67 bits per heavy atom. The second-order valence-electron chi connectivity index (χ2n) is 5.89. The van der Waals surface area contributed by atoms with E-state index in [9.17, 15) is 4.79 Å². The van der Waals surface area contributed by atoms with Gasteiger partial charge in [0.05, 0.1) is 11.7 Å². The Kier molecular flexibility index (Phi) is 3.97. The fourth-order valence-corrected chi connectivity index (χ4v) is 2.74. The summed E-state index contributed by atoms with van der Waals surface area (Å²) in [6.45, 7) is 8.42. The average molecular weight is 253 g/mol. The van der Waals surface area contributed by atoms with Crippen molar-refractivity contribution in [2.24, 2.45) is 0 Å². The molecule has 18 heavy (non-hydrogen) atoms. The quantitative estimate of drug-likeness (QED) is 0.777. The Morgan fingerprint density at radius 1 is 1.50 bits per heavy atom. The smallest absolute Gasteiger partial charge is 0.244 e. The summed E-state index contributed by atoms with van der Waals surface area (Å²) in [5.74, 6) is 0.340. The maximum absolute atomic E-state index is 12.4. The van der Waals surface area contributed by atoms with E-state index >= 15 is 0 Å². The lowest BCUT2D eigenvalue weighted by Crippen LogP contribution is -2.43. The highest BCUT2D eigenvalue weighted by Crippen LogP contribution is 2.42. The summed E-state index contributed by atoms with van der Waals surface area (Å²) < 4.78 is 0. The molecular weight excluding hydrogens is 226 g/mol. The number of nitrogens with zero attached hydrogens (tertiary/aromatic N) is 2. The Labute approximate surface area is 111 Å². The highest BCUT2D eigenvalue weighted by molar-refractivity contribution is 5.91. The standard InChI is InChI=1S/C14H27N3O/c1-5-11(3)16(4)9-10-17-12(6-2)15-14(7-8-14)13(17)18/h11-12,15H,5-10H2,1-4H3. The molecule has 2 rings (SSSR count). The van der Waals surface area contributed by atoms with Crippen molar-refractivity contribution >= 4 is 5.91 Å². The molecule has 2 atom stereocenters. The maximum atomic E-state index is 12.4. The minimum Gasteiger partial charge on any atom is -0.324 e. The molecule has 1 amide bonds. The summed E-state index contributed by atoms with van der Waals surface area (Å²) in [6, 6.07) is 0.589. The van der Waals surface area contributed by atoms with Crippen molar-refractivity contribution in [3.8, 4) is 0 Å². The molecule has 1 saturated carbocycles. The molecule has 2 aliphatic rings. The summed E-state index contributed by atoms with van der Waals surface area (Å²) in [5.41, 5.74) is -0.157. The lowest BCUT2D eigenvalue weighted by atomic mass is 10.2. The first-order valence-electron chi connectivity index (χ1n) is 7.33. The van der Waals surface area contributed by atoms with Crippen LogP contribution in [0.3, 0.4) is 0 Å². The molecule has 0 radical (unpaired) electrons. The lowest BCUT2D eigenvalue weighted by Gasteiger charge is -2.28. The number of nitrogens with one attached hydrogen (secondary N) is 1. The minimum absolute atomic E-state index is 0.157. The van der Waals surface area contributed by atoms with E-state index in [-0.39, 0.29) is 11.7 Å². The van der Waals surface area contributed by atoms with Crippen LogP contribution in [-0.4, -0.2) is 53.6 Å². The van der Waals surface area contributed by atoms with Crippen molar-refractivity contribution in [1.29, 1.82) is 0 Å². The summed E-state index contributed by atoms with van der Waals surface area (Å²) in [6.07, 6.45) is 4.47. The highest BCUT2D eigenvalue weighted by Gasteiger charge is 2.58. The molecular formula is C14H27N3O. The van der Waals surface area contributed by atoms with E-state index in [0.29, 0.717) is 11.9 Å². The van der Waals surface area contributed by atoms with E-state index < -0.39 is 0 Å². The van der Waals surface area contributed by atoms with Gasteiger partial charge in [0, 0.05) is 19.1 Å². The van der Waals surface area contributed by atoms with E-state index in [0.717, 1.165) is 38.8 Å². The van der Waals surface area contributed by atoms with Gasteiger partial charge >= 0.3 is 0 Å². The van der Waals surface area contributed by atoms with Crippen LogP contribution in [0.1, 0.15) is 46.5 Å². The molecule has 4 heteroatoms. The Morgan fingerprint density at radius 2 is 2.17 bits per heavy atom. The average Bonchev–Trinajstić information content (AvgIpc) is 3.10. The van der Waals surface area contributed by atoms with Gasteiger partial charge in [0.15, 0.2) is 0 Å². The van der Waals surface area contributed by atoms with E-state index in [1.54, 1.807) is 0 Å². The van der Waals surface area contributed by atoms with Crippen molar-refractivity contribution in [1.82, 2.24) is 15.1 Å². The van der Waals surface area contributed by atoms with Gasteiger partial charge in [-0.1, -0.05) is 13.8 Å². The van der Waals surface area contributed by atoms with Crippen LogP contribution in [0.2, 0.25) is 0 Å². The van der Waals surface area contributed by atoms with Crippen LogP contribution in [0.5, 0.6) is 0 Å². The van der Waals surface area contributed by atoms with Gasteiger partial charge in [-0.2, -0.15) is 0 Å². The van der Waals surface area contributed by atoms with Crippen LogP contribution >= 0.6 is 0 Å². The summed E-state index contributed by atoms with van der Waals surface area (Å²) >= 11 is 0. The van der Waals surface area contributed by atoms with Crippen LogP contribution in [0, 0.1) is 0 Å². The molecule has 1 saturated heterocycles. The van der Waals surface area contributed by atoms with Gasteiger partial charge in [-0.15, -0.1) is 0 Å². The molecule has 104 valence electrons. The molecule has 2 fully saturated rings. The number of likely N-dealkylation sites (N-methyl/N-ethyl adjacent to an activating group) is 1. The predicted octanol–water partition coefficient (Wildman–Crippen LogP) is 1.42. The third kappa shape index (κ3) is 2.41. The third-order valence-electron chi connectivity index (χ3n) is 4.66. The van der Waals surface area contributed by atoms with Crippen LogP contribution in [0.25, 0.3) is 0 Å². The van der Waals surface area contributed by atoms with Crippen molar-refractivity contribution in [3.63, 3.8) is 0 Å². The summed E-state index contributed by atoms with van der Waals surface area (Å²) in [7, 11) is 2.15. The fourth-order valence-electron chi connectivity index (χ4n) is 2.74. The Hall–Kier alpha value is -0.610. The second kappa shape index (κ2) is 5.17.